The Hall–Kier alpha value is -0.900. The number of alkyl halides is 1. The molecule has 1 aromatic heterocycles. The van der Waals surface area contributed by atoms with Crippen molar-refractivity contribution in [2.24, 2.45) is 5.41 Å². The molecule has 0 aliphatic rings. The lowest BCUT2D eigenvalue weighted by molar-refractivity contribution is 0.447. The van der Waals surface area contributed by atoms with Crippen LogP contribution in [-0.2, 0) is 6.42 Å². The summed E-state index contributed by atoms with van der Waals surface area (Å²) in [7, 11) is 0. The smallest absolute Gasteiger partial charge is 0.186 e. The van der Waals surface area contributed by atoms with Crippen LogP contribution >= 0.6 is 11.6 Å². The van der Waals surface area contributed by atoms with Gasteiger partial charge in [-0.1, -0.05) is 20.8 Å². The molecular formula is C11H17ClFN3. The maximum atomic E-state index is 13.7. The Labute approximate surface area is 100 Å². The van der Waals surface area contributed by atoms with Gasteiger partial charge in [-0.05, 0) is 11.8 Å². The number of aryl methyl sites for hydroxylation is 1. The van der Waals surface area contributed by atoms with E-state index in [1.807, 2.05) is 20.8 Å². The quantitative estimate of drug-likeness (QED) is 0.811. The van der Waals surface area contributed by atoms with Crippen molar-refractivity contribution in [3.63, 3.8) is 0 Å². The zero-order chi connectivity index (χ0) is 12.2. The van der Waals surface area contributed by atoms with Crippen LogP contribution in [0.25, 0.3) is 0 Å². The van der Waals surface area contributed by atoms with Crippen LogP contribution in [0, 0.1) is 11.2 Å². The van der Waals surface area contributed by atoms with Crippen LogP contribution in [0.4, 0.5) is 10.2 Å². The topological polar surface area (TPSA) is 37.8 Å². The summed E-state index contributed by atoms with van der Waals surface area (Å²) in [5, 5.41) is 2.97. The Balaban J connectivity index is 2.75. The molecule has 0 aliphatic carbocycles. The Morgan fingerprint density at radius 1 is 1.44 bits per heavy atom. The molecule has 0 saturated carbocycles. The van der Waals surface area contributed by atoms with Gasteiger partial charge in [0.1, 0.15) is 6.33 Å². The van der Waals surface area contributed by atoms with E-state index in [1.165, 1.54) is 6.33 Å². The third kappa shape index (κ3) is 3.30. The lowest BCUT2D eigenvalue weighted by atomic mass is 9.96. The number of aromatic nitrogens is 2. The summed E-state index contributed by atoms with van der Waals surface area (Å²) in [6, 6.07) is 0. The molecule has 5 heteroatoms. The molecule has 90 valence electrons. The third-order valence-corrected chi connectivity index (χ3v) is 3.02. The molecular weight excluding hydrogens is 229 g/mol. The van der Waals surface area contributed by atoms with Gasteiger partial charge in [-0.15, -0.1) is 11.6 Å². The number of hydrogen-bond donors (Lipinski definition) is 1. The minimum absolute atomic E-state index is 0.0919. The van der Waals surface area contributed by atoms with E-state index in [4.69, 9.17) is 11.6 Å². The van der Waals surface area contributed by atoms with Gasteiger partial charge in [0.15, 0.2) is 11.6 Å². The summed E-state index contributed by atoms with van der Waals surface area (Å²) in [6.07, 6.45) is 1.93. The van der Waals surface area contributed by atoms with Crippen LogP contribution in [0.15, 0.2) is 6.33 Å². The molecule has 0 saturated heterocycles. The van der Waals surface area contributed by atoms with E-state index >= 15 is 0 Å². The van der Waals surface area contributed by atoms with Gasteiger partial charge in [0.05, 0.1) is 5.69 Å². The van der Waals surface area contributed by atoms with Crippen molar-refractivity contribution in [2.75, 3.05) is 17.7 Å². The van der Waals surface area contributed by atoms with Crippen molar-refractivity contribution in [3.05, 3.63) is 17.8 Å². The monoisotopic (exact) mass is 245 g/mol. The van der Waals surface area contributed by atoms with Crippen LogP contribution in [-0.4, -0.2) is 22.4 Å². The van der Waals surface area contributed by atoms with Crippen LogP contribution in [0.1, 0.15) is 26.5 Å². The molecule has 0 aromatic carbocycles. The molecule has 1 heterocycles. The van der Waals surface area contributed by atoms with Gasteiger partial charge < -0.3 is 5.32 Å². The lowest BCUT2D eigenvalue weighted by Gasteiger charge is -2.22. The van der Waals surface area contributed by atoms with Crippen molar-refractivity contribution < 1.29 is 4.39 Å². The van der Waals surface area contributed by atoms with Gasteiger partial charge in [0, 0.05) is 12.4 Å². The third-order valence-electron chi connectivity index (χ3n) is 2.29. The van der Waals surface area contributed by atoms with Crippen molar-refractivity contribution >= 4 is 17.4 Å². The average molecular weight is 246 g/mol. The van der Waals surface area contributed by atoms with Crippen LogP contribution in [0.2, 0.25) is 0 Å². The number of nitrogens with zero attached hydrogens (tertiary/aromatic N) is 2. The molecule has 1 N–H and O–H groups in total. The molecule has 0 fully saturated rings. The first kappa shape index (κ1) is 13.2. The van der Waals surface area contributed by atoms with E-state index in [0.717, 1.165) is 0 Å². The Kier molecular flexibility index (Phi) is 4.47. The zero-order valence-corrected chi connectivity index (χ0v) is 10.6. The molecule has 0 amide bonds. The first-order chi connectivity index (χ1) is 7.50. The highest BCUT2D eigenvalue weighted by Gasteiger charge is 2.18. The van der Waals surface area contributed by atoms with Gasteiger partial charge in [0.2, 0.25) is 0 Å². The van der Waals surface area contributed by atoms with Crippen molar-refractivity contribution in [1.29, 1.82) is 0 Å². The Morgan fingerprint density at radius 2 is 2.12 bits per heavy atom. The first-order valence-electron chi connectivity index (χ1n) is 5.29. The fourth-order valence-corrected chi connectivity index (χ4v) is 1.24. The minimum atomic E-state index is -0.365. The van der Waals surface area contributed by atoms with Gasteiger partial charge in [-0.2, -0.15) is 0 Å². The molecule has 16 heavy (non-hydrogen) atoms. The van der Waals surface area contributed by atoms with E-state index in [0.29, 0.717) is 24.5 Å². The van der Waals surface area contributed by atoms with E-state index in [9.17, 15) is 4.39 Å². The average Bonchev–Trinajstić information content (AvgIpc) is 2.28. The van der Waals surface area contributed by atoms with Gasteiger partial charge in [-0.25, -0.2) is 14.4 Å². The largest absolute Gasteiger partial charge is 0.367 e. The molecule has 0 aliphatic heterocycles. The normalized spacial score (nSPS) is 11.6. The molecule has 1 aromatic rings. The Morgan fingerprint density at radius 3 is 2.69 bits per heavy atom. The lowest BCUT2D eigenvalue weighted by Crippen LogP contribution is -2.25. The van der Waals surface area contributed by atoms with E-state index in [2.05, 4.69) is 15.3 Å². The standard InChI is InChI=1S/C11H17ClFN3/c1-4-8-9(13)10(16-7-15-8)14-6-11(2,3)5-12/h7H,4-6H2,1-3H3,(H,14,15,16). The predicted molar refractivity (Wildman–Crippen MR) is 64.4 cm³/mol. The fourth-order valence-electron chi connectivity index (χ4n) is 1.15. The van der Waals surface area contributed by atoms with Crippen molar-refractivity contribution in [3.8, 4) is 0 Å². The second-order valence-electron chi connectivity index (χ2n) is 4.49. The van der Waals surface area contributed by atoms with Gasteiger partial charge in [0.25, 0.3) is 0 Å². The number of rotatable bonds is 5. The number of hydrogen-bond acceptors (Lipinski definition) is 3. The highest BCUT2D eigenvalue weighted by molar-refractivity contribution is 6.18. The van der Waals surface area contributed by atoms with Crippen LogP contribution < -0.4 is 5.32 Å². The fraction of sp³-hybridized carbons (Fsp3) is 0.636. The number of nitrogens with one attached hydrogen (secondary N) is 1. The predicted octanol–water partition coefficient (Wildman–Crippen LogP) is 2.86. The van der Waals surface area contributed by atoms with Crippen LogP contribution in [0.3, 0.4) is 0 Å². The van der Waals surface area contributed by atoms with Gasteiger partial charge >= 0.3 is 0 Å². The number of halogens is 2. The highest BCUT2D eigenvalue weighted by Crippen LogP contribution is 2.19. The second kappa shape index (κ2) is 5.43. The zero-order valence-electron chi connectivity index (χ0n) is 9.85. The summed E-state index contributed by atoms with van der Waals surface area (Å²) < 4.78 is 13.7. The molecule has 0 bridgehead atoms. The maximum Gasteiger partial charge on any atom is 0.186 e. The molecule has 0 spiro atoms. The summed E-state index contributed by atoms with van der Waals surface area (Å²) in [5.41, 5.74) is 0.340. The van der Waals surface area contributed by atoms with Gasteiger partial charge in [-0.3, -0.25) is 0 Å². The molecule has 0 unspecified atom stereocenters. The molecule has 0 radical (unpaired) electrons. The SMILES string of the molecule is CCc1ncnc(NCC(C)(C)CCl)c1F. The Bertz CT molecular complexity index is 355. The highest BCUT2D eigenvalue weighted by atomic mass is 35.5. The van der Waals surface area contributed by atoms with Crippen molar-refractivity contribution in [2.45, 2.75) is 27.2 Å². The molecule has 3 nitrogen and oxygen atoms in total. The van der Waals surface area contributed by atoms with Crippen LogP contribution in [0.5, 0.6) is 0 Å². The summed E-state index contributed by atoms with van der Waals surface area (Å²) >= 11 is 5.79. The van der Waals surface area contributed by atoms with E-state index in [-0.39, 0.29) is 17.1 Å². The second-order valence-corrected chi connectivity index (χ2v) is 4.76. The molecule has 0 atom stereocenters. The summed E-state index contributed by atoms with van der Waals surface area (Å²) in [6.45, 7) is 6.45. The molecule has 1 rings (SSSR count). The van der Waals surface area contributed by atoms with E-state index < -0.39 is 0 Å². The summed E-state index contributed by atoms with van der Waals surface area (Å²) in [5.74, 6) is 0.397. The minimum Gasteiger partial charge on any atom is -0.367 e. The maximum absolute atomic E-state index is 13.7. The van der Waals surface area contributed by atoms with Crippen molar-refractivity contribution in [1.82, 2.24) is 9.97 Å². The summed E-state index contributed by atoms with van der Waals surface area (Å²) in [4.78, 5) is 7.75. The van der Waals surface area contributed by atoms with E-state index in [1.54, 1.807) is 0 Å². The first-order valence-corrected chi connectivity index (χ1v) is 5.83. The number of anilines is 1.